The van der Waals surface area contributed by atoms with E-state index in [9.17, 15) is 9.59 Å². The SMILES string of the molecule is CC[C@@H](C)c1ccccc1NC(=O)C[NH+](CC)CC(=O)Nc1ccccc1OC. The molecule has 2 atom stereocenters. The first-order valence-electron chi connectivity index (χ1n) is 10.1. The normalized spacial score (nSPS) is 12.7. The van der Waals surface area contributed by atoms with E-state index in [0.717, 1.165) is 22.6 Å². The van der Waals surface area contributed by atoms with E-state index < -0.39 is 0 Å². The van der Waals surface area contributed by atoms with Crippen LogP contribution in [0.25, 0.3) is 0 Å². The topological polar surface area (TPSA) is 71.9 Å². The van der Waals surface area contributed by atoms with Crippen LogP contribution >= 0.6 is 0 Å². The first-order valence-corrected chi connectivity index (χ1v) is 10.1. The van der Waals surface area contributed by atoms with Crippen LogP contribution in [0.5, 0.6) is 5.75 Å². The molecule has 0 aliphatic carbocycles. The quantitative estimate of drug-likeness (QED) is 0.576. The maximum atomic E-state index is 12.6. The second-order valence-corrected chi connectivity index (χ2v) is 7.15. The predicted molar refractivity (Wildman–Crippen MR) is 117 cm³/mol. The molecule has 0 bridgehead atoms. The van der Waals surface area contributed by atoms with Crippen molar-refractivity contribution in [3.63, 3.8) is 0 Å². The van der Waals surface area contributed by atoms with Crippen LogP contribution in [0.4, 0.5) is 11.4 Å². The molecule has 6 nitrogen and oxygen atoms in total. The highest BCUT2D eigenvalue weighted by Gasteiger charge is 2.19. The summed E-state index contributed by atoms with van der Waals surface area (Å²) in [5.74, 6) is 0.730. The summed E-state index contributed by atoms with van der Waals surface area (Å²) in [6.45, 7) is 7.34. The molecule has 2 rings (SSSR count). The second-order valence-electron chi connectivity index (χ2n) is 7.15. The number of para-hydroxylation sites is 3. The van der Waals surface area contributed by atoms with Crippen LogP contribution < -0.4 is 20.3 Å². The number of methoxy groups -OCH3 is 1. The van der Waals surface area contributed by atoms with Crippen LogP contribution in [0, 0.1) is 0 Å². The minimum atomic E-state index is -0.154. The maximum Gasteiger partial charge on any atom is 0.279 e. The number of carbonyl (C=O) groups excluding carboxylic acids is 2. The lowest BCUT2D eigenvalue weighted by Crippen LogP contribution is -3.13. The lowest BCUT2D eigenvalue weighted by atomic mass is 9.97. The van der Waals surface area contributed by atoms with Gasteiger partial charge in [0.15, 0.2) is 13.1 Å². The summed E-state index contributed by atoms with van der Waals surface area (Å²) in [4.78, 5) is 25.9. The number of nitrogens with one attached hydrogen (secondary N) is 3. The van der Waals surface area contributed by atoms with Crippen molar-refractivity contribution in [1.29, 1.82) is 0 Å². The van der Waals surface area contributed by atoms with Crippen molar-refractivity contribution in [3.8, 4) is 5.75 Å². The fourth-order valence-corrected chi connectivity index (χ4v) is 3.16. The van der Waals surface area contributed by atoms with Gasteiger partial charge in [0, 0.05) is 5.69 Å². The smallest absolute Gasteiger partial charge is 0.279 e. The van der Waals surface area contributed by atoms with Gasteiger partial charge in [0.25, 0.3) is 11.8 Å². The summed E-state index contributed by atoms with van der Waals surface area (Å²) < 4.78 is 5.26. The molecule has 3 N–H and O–H groups in total. The van der Waals surface area contributed by atoms with Crippen molar-refractivity contribution >= 4 is 23.2 Å². The summed E-state index contributed by atoms with van der Waals surface area (Å²) in [5.41, 5.74) is 2.61. The number of hydrogen-bond acceptors (Lipinski definition) is 3. The highest BCUT2D eigenvalue weighted by Crippen LogP contribution is 2.26. The molecule has 0 radical (unpaired) electrons. The first kappa shape index (κ1) is 22.4. The zero-order chi connectivity index (χ0) is 21.2. The third-order valence-electron chi connectivity index (χ3n) is 5.08. The number of likely N-dealkylation sites (N-methyl/N-ethyl adjacent to an activating group) is 1. The number of amides is 2. The van der Waals surface area contributed by atoms with Crippen LogP contribution in [0.3, 0.4) is 0 Å². The van der Waals surface area contributed by atoms with E-state index in [4.69, 9.17) is 4.74 Å². The fraction of sp³-hybridized carbons (Fsp3) is 0.391. The van der Waals surface area contributed by atoms with Gasteiger partial charge in [-0.25, -0.2) is 0 Å². The van der Waals surface area contributed by atoms with Crippen LogP contribution in [-0.2, 0) is 9.59 Å². The Hall–Kier alpha value is -2.86. The largest absolute Gasteiger partial charge is 0.495 e. The van der Waals surface area contributed by atoms with Crippen molar-refractivity contribution in [2.75, 3.05) is 37.4 Å². The number of rotatable bonds is 10. The molecule has 6 heteroatoms. The Morgan fingerprint density at radius 1 is 0.931 bits per heavy atom. The zero-order valence-corrected chi connectivity index (χ0v) is 17.7. The van der Waals surface area contributed by atoms with E-state index >= 15 is 0 Å². The van der Waals surface area contributed by atoms with Gasteiger partial charge in [-0.2, -0.15) is 0 Å². The lowest BCUT2D eigenvalue weighted by Gasteiger charge is -2.19. The van der Waals surface area contributed by atoms with Crippen molar-refractivity contribution in [2.45, 2.75) is 33.1 Å². The summed E-state index contributed by atoms with van der Waals surface area (Å²) >= 11 is 0. The Kier molecular flexibility index (Phi) is 8.68. The molecule has 0 fully saturated rings. The Morgan fingerprint density at radius 2 is 1.48 bits per heavy atom. The molecule has 1 unspecified atom stereocenters. The van der Waals surface area contributed by atoms with Gasteiger partial charge in [-0.15, -0.1) is 0 Å². The van der Waals surface area contributed by atoms with Crippen LogP contribution in [0.1, 0.15) is 38.7 Å². The van der Waals surface area contributed by atoms with E-state index in [-0.39, 0.29) is 24.9 Å². The van der Waals surface area contributed by atoms with Crippen LogP contribution in [0.2, 0.25) is 0 Å². The highest BCUT2D eigenvalue weighted by atomic mass is 16.5. The molecule has 0 aliphatic heterocycles. The lowest BCUT2D eigenvalue weighted by molar-refractivity contribution is -0.881. The van der Waals surface area contributed by atoms with Gasteiger partial charge in [0.2, 0.25) is 0 Å². The summed E-state index contributed by atoms with van der Waals surface area (Å²) in [6.07, 6.45) is 1.00. The Balaban J connectivity index is 1.96. The van der Waals surface area contributed by atoms with Gasteiger partial charge in [0.05, 0.1) is 19.3 Å². The molecule has 2 aromatic carbocycles. The Morgan fingerprint density at radius 3 is 2.07 bits per heavy atom. The number of carbonyl (C=O) groups is 2. The van der Waals surface area contributed by atoms with E-state index in [1.165, 1.54) is 0 Å². The molecule has 0 saturated carbocycles. The van der Waals surface area contributed by atoms with Gasteiger partial charge in [0.1, 0.15) is 5.75 Å². The Labute approximate surface area is 173 Å². The maximum absolute atomic E-state index is 12.6. The number of hydrogen-bond donors (Lipinski definition) is 3. The molecule has 29 heavy (non-hydrogen) atoms. The molecular formula is C23H32N3O3+. The minimum Gasteiger partial charge on any atom is -0.495 e. The molecular weight excluding hydrogens is 366 g/mol. The van der Waals surface area contributed by atoms with Gasteiger partial charge in [-0.3, -0.25) is 9.59 Å². The molecule has 2 amide bonds. The summed E-state index contributed by atoms with van der Waals surface area (Å²) in [5, 5.41) is 5.88. The third-order valence-corrected chi connectivity index (χ3v) is 5.08. The number of anilines is 2. The van der Waals surface area contributed by atoms with Crippen molar-refractivity contribution < 1.29 is 19.2 Å². The highest BCUT2D eigenvalue weighted by molar-refractivity contribution is 5.94. The molecule has 2 aromatic rings. The van der Waals surface area contributed by atoms with Crippen molar-refractivity contribution in [3.05, 3.63) is 54.1 Å². The standard InChI is InChI=1S/C23H31N3O3/c1-5-17(3)18-11-7-8-12-19(18)24-22(27)15-26(6-2)16-23(28)25-20-13-9-10-14-21(20)29-4/h7-14,17H,5-6,15-16H2,1-4H3,(H,24,27)(H,25,28)/p+1/t17-/m1/s1. The molecule has 0 spiro atoms. The molecule has 0 aliphatic rings. The van der Waals surface area contributed by atoms with E-state index in [1.54, 1.807) is 19.2 Å². The molecule has 0 aromatic heterocycles. The van der Waals surface area contributed by atoms with Crippen LogP contribution in [0.15, 0.2) is 48.5 Å². The van der Waals surface area contributed by atoms with Crippen LogP contribution in [-0.4, -0.2) is 38.6 Å². The number of ether oxygens (including phenoxy) is 1. The first-order chi connectivity index (χ1) is 14.0. The minimum absolute atomic E-state index is 0.0947. The van der Waals surface area contributed by atoms with Gasteiger partial charge in [-0.1, -0.05) is 44.2 Å². The van der Waals surface area contributed by atoms with Gasteiger partial charge in [-0.05, 0) is 43.0 Å². The van der Waals surface area contributed by atoms with Crippen molar-refractivity contribution in [2.24, 2.45) is 0 Å². The zero-order valence-electron chi connectivity index (χ0n) is 17.7. The Bertz CT molecular complexity index is 823. The average Bonchev–Trinajstić information content (AvgIpc) is 2.73. The van der Waals surface area contributed by atoms with Gasteiger partial charge < -0.3 is 20.3 Å². The average molecular weight is 399 g/mol. The molecule has 0 heterocycles. The van der Waals surface area contributed by atoms with Crippen molar-refractivity contribution in [1.82, 2.24) is 0 Å². The second kappa shape index (κ2) is 11.2. The van der Waals surface area contributed by atoms with Gasteiger partial charge >= 0.3 is 0 Å². The molecule has 156 valence electrons. The summed E-state index contributed by atoms with van der Waals surface area (Å²) in [6, 6.07) is 15.2. The van der Waals surface area contributed by atoms with E-state index in [2.05, 4.69) is 30.5 Å². The molecule has 0 saturated heterocycles. The van der Waals surface area contributed by atoms with E-state index in [0.29, 0.717) is 23.9 Å². The monoisotopic (exact) mass is 398 g/mol. The summed E-state index contributed by atoms with van der Waals surface area (Å²) in [7, 11) is 1.57. The third kappa shape index (κ3) is 6.61. The number of benzene rings is 2. The van der Waals surface area contributed by atoms with E-state index in [1.807, 2.05) is 37.3 Å². The predicted octanol–water partition coefficient (Wildman–Crippen LogP) is 2.69. The fourth-order valence-electron chi connectivity index (χ4n) is 3.16. The number of quaternary nitrogens is 1.